The van der Waals surface area contributed by atoms with Gasteiger partial charge in [-0.25, -0.2) is 10.3 Å². The van der Waals surface area contributed by atoms with Crippen molar-refractivity contribution in [3.63, 3.8) is 0 Å². The van der Waals surface area contributed by atoms with Gasteiger partial charge in [0.15, 0.2) is 6.61 Å². The zero-order valence-corrected chi connectivity index (χ0v) is 7.99. The van der Waals surface area contributed by atoms with E-state index in [4.69, 9.17) is 5.11 Å². The minimum absolute atomic E-state index is 0.00227. The Balaban J connectivity index is 2.16. The Morgan fingerprint density at radius 1 is 1.29 bits per heavy atom. The number of amides is 1. The first-order chi connectivity index (χ1) is 6.70. The number of carboxylic acids is 1. The van der Waals surface area contributed by atoms with E-state index in [1.165, 1.54) is 6.42 Å². The molecule has 0 radical (unpaired) electrons. The van der Waals surface area contributed by atoms with Gasteiger partial charge in [0.2, 0.25) is 5.91 Å². The fourth-order valence-electron chi connectivity index (χ4n) is 1.62. The van der Waals surface area contributed by atoms with Crippen LogP contribution in [0.15, 0.2) is 0 Å². The van der Waals surface area contributed by atoms with E-state index in [1.54, 1.807) is 0 Å². The SMILES string of the molecule is O=C(O)CONC(=O)C1CCCCC1. The molecular weight excluding hydrogens is 186 g/mol. The van der Waals surface area contributed by atoms with Gasteiger partial charge < -0.3 is 5.11 Å². The van der Waals surface area contributed by atoms with Crippen LogP contribution in [-0.2, 0) is 14.4 Å². The van der Waals surface area contributed by atoms with Gasteiger partial charge >= 0.3 is 5.97 Å². The highest BCUT2D eigenvalue weighted by Crippen LogP contribution is 2.23. The van der Waals surface area contributed by atoms with Crippen LogP contribution in [-0.4, -0.2) is 23.6 Å². The van der Waals surface area contributed by atoms with Crippen molar-refractivity contribution in [2.75, 3.05) is 6.61 Å². The Labute approximate surface area is 82.4 Å². The van der Waals surface area contributed by atoms with E-state index in [9.17, 15) is 9.59 Å². The fourth-order valence-corrected chi connectivity index (χ4v) is 1.62. The predicted molar refractivity (Wildman–Crippen MR) is 48.3 cm³/mol. The van der Waals surface area contributed by atoms with Crippen LogP contribution in [0, 0.1) is 5.92 Å². The summed E-state index contributed by atoms with van der Waals surface area (Å²) in [6.07, 6.45) is 5.07. The van der Waals surface area contributed by atoms with Gasteiger partial charge in [-0.15, -0.1) is 0 Å². The molecular formula is C9H15NO4. The van der Waals surface area contributed by atoms with Crippen molar-refractivity contribution in [3.8, 4) is 0 Å². The standard InChI is InChI=1S/C9H15NO4/c11-8(12)6-14-10-9(13)7-4-2-1-3-5-7/h7H,1-6H2,(H,10,13)(H,11,12). The third kappa shape index (κ3) is 3.74. The topological polar surface area (TPSA) is 75.6 Å². The third-order valence-corrected chi connectivity index (χ3v) is 2.34. The highest BCUT2D eigenvalue weighted by Gasteiger charge is 2.21. The number of rotatable bonds is 4. The van der Waals surface area contributed by atoms with Crippen LogP contribution in [0.2, 0.25) is 0 Å². The smallest absolute Gasteiger partial charge is 0.332 e. The van der Waals surface area contributed by atoms with Crippen LogP contribution in [0.1, 0.15) is 32.1 Å². The summed E-state index contributed by atoms with van der Waals surface area (Å²) in [7, 11) is 0. The normalized spacial score (nSPS) is 17.7. The van der Waals surface area contributed by atoms with Crippen molar-refractivity contribution in [1.82, 2.24) is 5.48 Å². The summed E-state index contributed by atoms with van der Waals surface area (Å²) in [6, 6.07) is 0. The zero-order chi connectivity index (χ0) is 10.4. The molecule has 0 saturated heterocycles. The molecule has 0 bridgehead atoms. The highest BCUT2D eigenvalue weighted by atomic mass is 16.7. The molecule has 0 aromatic heterocycles. The first-order valence-corrected chi connectivity index (χ1v) is 4.83. The minimum atomic E-state index is -1.09. The molecule has 0 aliphatic heterocycles. The van der Waals surface area contributed by atoms with Crippen LogP contribution in [0.25, 0.3) is 0 Å². The number of nitrogens with one attached hydrogen (secondary N) is 1. The third-order valence-electron chi connectivity index (χ3n) is 2.34. The molecule has 1 amide bonds. The molecule has 5 nitrogen and oxygen atoms in total. The van der Waals surface area contributed by atoms with Gasteiger partial charge in [-0.05, 0) is 12.8 Å². The lowest BCUT2D eigenvalue weighted by Crippen LogP contribution is -2.33. The molecule has 1 rings (SSSR count). The number of carbonyl (C=O) groups is 2. The number of carboxylic acid groups (broad SMARTS) is 1. The maximum absolute atomic E-state index is 11.4. The van der Waals surface area contributed by atoms with Crippen LogP contribution >= 0.6 is 0 Å². The van der Waals surface area contributed by atoms with Gasteiger partial charge in [-0.3, -0.25) is 9.63 Å². The van der Waals surface area contributed by atoms with Crippen molar-refractivity contribution in [2.24, 2.45) is 5.92 Å². The largest absolute Gasteiger partial charge is 0.479 e. The lowest BCUT2D eigenvalue weighted by molar-refractivity contribution is -0.151. The molecule has 0 atom stereocenters. The first kappa shape index (κ1) is 11.0. The molecule has 0 heterocycles. The minimum Gasteiger partial charge on any atom is -0.479 e. The molecule has 1 saturated carbocycles. The first-order valence-electron chi connectivity index (χ1n) is 4.83. The molecule has 1 aliphatic carbocycles. The van der Waals surface area contributed by atoms with Crippen molar-refractivity contribution in [3.05, 3.63) is 0 Å². The van der Waals surface area contributed by atoms with Crippen molar-refractivity contribution in [2.45, 2.75) is 32.1 Å². The van der Waals surface area contributed by atoms with Gasteiger partial charge in [0.1, 0.15) is 0 Å². The van der Waals surface area contributed by atoms with Gasteiger partial charge in [0.05, 0.1) is 0 Å². The van der Waals surface area contributed by atoms with Crippen LogP contribution in [0.4, 0.5) is 0 Å². The molecule has 0 aromatic carbocycles. The molecule has 1 aliphatic rings. The van der Waals surface area contributed by atoms with E-state index < -0.39 is 12.6 Å². The fraction of sp³-hybridized carbons (Fsp3) is 0.778. The molecule has 1 fully saturated rings. The van der Waals surface area contributed by atoms with Crippen molar-refractivity contribution in [1.29, 1.82) is 0 Å². The number of hydrogen-bond acceptors (Lipinski definition) is 3. The van der Waals surface area contributed by atoms with Crippen LogP contribution in [0.5, 0.6) is 0 Å². The van der Waals surface area contributed by atoms with Crippen LogP contribution in [0.3, 0.4) is 0 Å². The van der Waals surface area contributed by atoms with E-state index in [2.05, 4.69) is 10.3 Å². The Bertz CT molecular complexity index is 211. The summed E-state index contributed by atoms with van der Waals surface area (Å²) in [5, 5.41) is 8.26. The number of aliphatic carboxylic acids is 1. The summed E-state index contributed by atoms with van der Waals surface area (Å²) in [5.41, 5.74) is 2.16. The van der Waals surface area contributed by atoms with Gasteiger partial charge in [0, 0.05) is 5.92 Å². The average molecular weight is 201 g/mol. The second kappa shape index (κ2) is 5.59. The van der Waals surface area contributed by atoms with Gasteiger partial charge in [-0.1, -0.05) is 19.3 Å². The second-order valence-electron chi connectivity index (χ2n) is 3.48. The Morgan fingerprint density at radius 3 is 2.50 bits per heavy atom. The monoisotopic (exact) mass is 201 g/mol. The Hall–Kier alpha value is -1.10. The number of hydroxylamine groups is 1. The lowest BCUT2D eigenvalue weighted by atomic mass is 9.89. The van der Waals surface area contributed by atoms with Crippen molar-refractivity contribution < 1.29 is 19.5 Å². The summed E-state index contributed by atoms with van der Waals surface area (Å²) in [6.45, 7) is -0.488. The molecule has 14 heavy (non-hydrogen) atoms. The van der Waals surface area contributed by atoms with Crippen LogP contribution < -0.4 is 5.48 Å². The molecule has 0 spiro atoms. The maximum Gasteiger partial charge on any atom is 0.332 e. The van der Waals surface area contributed by atoms with E-state index in [0.717, 1.165) is 25.7 Å². The quantitative estimate of drug-likeness (QED) is 0.656. The van der Waals surface area contributed by atoms with E-state index in [-0.39, 0.29) is 11.8 Å². The Morgan fingerprint density at radius 2 is 1.93 bits per heavy atom. The molecule has 0 unspecified atom stereocenters. The molecule has 0 aromatic rings. The number of carbonyl (C=O) groups excluding carboxylic acids is 1. The predicted octanol–water partition coefficient (Wildman–Crippen LogP) is 0.699. The average Bonchev–Trinajstić information content (AvgIpc) is 2.18. The highest BCUT2D eigenvalue weighted by molar-refractivity contribution is 5.78. The second-order valence-corrected chi connectivity index (χ2v) is 3.48. The van der Waals surface area contributed by atoms with Gasteiger partial charge in [0.25, 0.3) is 0 Å². The van der Waals surface area contributed by atoms with Gasteiger partial charge in [-0.2, -0.15) is 0 Å². The molecule has 80 valence electrons. The summed E-state index contributed by atoms with van der Waals surface area (Å²) < 4.78 is 0. The zero-order valence-electron chi connectivity index (χ0n) is 7.99. The van der Waals surface area contributed by atoms with Crippen molar-refractivity contribution >= 4 is 11.9 Å². The van der Waals surface area contributed by atoms with E-state index >= 15 is 0 Å². The van der Waals surface area contributed by atoms with E-state index in [1.807, 2.05) is 0 Å². The Kier molecular flexibility index (Phi) is 4.39. The maximum atomic E-state index is 11.4. The number of hydrogen-bond donors (Lipinski definition) is 2. The lowest BCUT2D eigenvalue weighted by Gasteiger charge is -2.19. The van der Waals surface area contributed by atoms with E-state index in [0.29, 0.717) is 0 Å². The molecule has 5 heteroatoms. The summed E-state index contributed by atoms with van der Waals surface area (Å²) in [5.74, 6) is -1.28. The molecule has 2 N–H and O–H groups in total. The summed E-state index contributed by atoms with van der Waals surface area (Å²) >= 11 is 0. The summed E-state index contributed by atoms with van der Waals surface area (Å²) in [4.78, 5) is 25.9.